The lowest BCUT2D eigenvalue weighted by atomic mass is 10.0. The Labute approximate surface area is 252 Å². The number of anilines is 1. The highest BCUT2D eigenvalue weighted by atomic mass is 79.9. The van der Waals surface area contributed by atoms with Crippen LogP contribution >= 0.6 is 27.3 Å². The Kier molecular flexibility index (Phi) is 6.80. The molecule has 3 N–H and O–H groups in total. The molecule has 0 aliphatic rings. The van der Waals surface area contributed by atoms with Crippen molar-refractivity contribution in [1.29, 1.82) is 0 Å². The second-order valence-corrected chi connectivity index (χ2v) is 11.3. The van der Waals surface area contributed by atoms with Crippen LogP contribution < -0.4 is 11.1 Å². The maximum absolute atomic E-state index is 13.9. The third kappa shape index (κ3) is 4.83. The molecule has 0 fully saturated rings. The summed E-state index contributed by atoms with van der Waals surface area (Å²) in [6, 6.07) is 4.00. The molecule has 0 saturated carbocycles. The molecule has 43 heavy (non-hydrogen) atoms. The van der Waals surface area contributed by atoms with E-state index in [2.05, 4.69) is 46.5 Å². The van der Waals surface area contributed by atoms with Gasteiger partial charge >= 0.3 is 6.18 Å². The van der Waals surface area contributed by atoms with Crippen LogP contribution in [0.15, 0.2) is 41.3 Å². The van der Waals surface area contributed by atoms with Crippen molar-refractivity contribution in [2.24, 2.45) is 12.8 Å². The zero-order valence-electron chi connectivity index (χ0n) is 22.6. The molecule has 220 valence electrons. The summed E-state index contributed by atoms with van der Waals surface area (Å²) in [5.41, 5.74) is 6.79. The van der Waals surface area contributed by atoms with Crippen LogP contribution in [0.25, 0.3) is 38.4 Å². The molecule has 12 nitrogen and oxygen atoms in total. The minimum absolute atomic E-state index is 0.0697. The zero-order chi connectivity index (χ0) is 30.8. The number of alkyl halides is 3. The van der Waals surface area contributed by atoms with Crippen LogP contribution in [-0.2, 0) is 19.8 Å². The number of nitrogens with zero attached hydrogens (tertiary/aromatic N) is 8. The van der Waals surface area contributed by atoms with Crippen LogP contribution in [0.4, 0.5) is 18.9 Å². The van der Waals surface area contributed by atoms with Crippen LogP contribution in [0.5, 0.6) is 0 Å². The van der Waals surface area contributed by atoms with E-state index >= 15 is 0 Å². The van der Waals surface area contributed by atoms with Gasteiger partial charge in [0.2, 0.25) is 0 Å². The van der Waals surface area contributed by atoms with Gasteiger partial charge in [-0.25, -0.2) is 14.5 Å². The van der Waals surface area contributed by atoms with Gasteiger partial charge in [-0.3, -0.25) is 19.0 Å². The molecule has 0 bridgehead atoms. The van der Waals surface area contributed by atoms with Crippen LogP contribution in [0.1, 0.15) is 38.5 Å². The number of aryl methyl sites for hydroxylation is 2. The van der Waals surface area contributed by atoms with E-state index in [1.54, 1.807) is 30.9 Å². The molecule has 6 aromatic rings. The van der Waals surface area contributed by atoms with Crippen LogP contribution in [-0.4, -0.2) is 51.0 Å². The largest absolute Gasteiger partial charge is 0.433 e. The van der Waals surface area contributed by atoms with Crippen molar-refractivity contribution in [3.8, 4) is 22.5 Å². The fraction of sp³-hybridized carbons (Fsp3) is 0.192. The Balaban J connectivity index is 1.50. The standard InChI is InChI=1S/C26H20BrF3N10O2S/c1-4-39-10-14(27)20(37-39)16-5-6-32-18-8-15(36-40(16)18)24(42)35-21-19-12(13-9-33-38(3)11(13)2)7-17(26(28,29)30)34-25(19)43-22(21)23(31)41/h5-10H,4H2,1-3H3,(H2,31,41)(H,35,42). The number of carbonyl (C=O) groups is 2. The topological polar surface area (TPSA) is 151 Å². The van der Waals surface area contributed by atoms with Crippen molar-refractivity contribution in [3.05, 3.63) is 63.2 Å². The highest BCUT2D eigenvalue weighted by Gasteiger charge is 2.35. The van der Waals surface area contributed by atoms with Gasteiger partial charge in [0.25, 0.3) is 11.8 Å². The van der Waals surface area contributed by atoms with Crippen molar-refractivity contribution in [3.63, 3.8) is 0 Å². The third-order valence-corrected chi connectivity index (χ3v) is 8.49. The van der Waals surface area contributed by atoms with Crippen LogP contribution in [0.2, 0.25) is 0 Å². The van der Waals surface area contributed by atoms with Gasteiger partial charge in [0.15, 0.2) is 11.3 Å². The normalized spacial score (nSPS) is 12.0. The maximum Gasteiger partial charge on any atom is 0.433 e. The monoisotopic (exact) mass is 672 g/mol. The summed E-state index contributed by atoms with van der Waals surface area (Å²) in [6.07, 6.45) is -0.00567. The summed E-state index contributed by atoms with van der Waals surface area (Å²) in [5, 5.41) is 15.9. The van der Waals surface area contributed by atoms with Gasteiger partial charge in [-0.05, 0) is 47.5 Å². The first-order valence-corrected chi connectivity index (χ1v) is 14.2. The SMILES string of the molecule is CCn1cc(Br)c(-c2ccnc3cc(C(=O)Nc4c(C(N)=O)sc5nc(C(F)(F)F)cc(-c6cnn(C)c6C)c45)nn23)n1. The number of halogens is 4. The van der Waals surface area contributed by atoms with Gasteiger partial charge in [-0.2, -0.15) is 28.5 Å². The summed E-state index contributed by atoms with van der Waals surface area (Å²) in [6.45, 7) is 4.26. The summed E-state index contributed by atoms with van der Waals surface area (Å²) in [7, 11) is 1.64. The number of aromatic nitrogens is 8. The van der Waals surface area contributed by atoms with Crippen molar-refractivity contribution >= 4 is 60.6 Å². The van der Waals surface area contributed by atoms with Crippen molar-refractivity contribution in [2.45, 2.75) is 26.6 Å². The minimum atomic E-state index is -4.78. The van der Waals surface area contributed by atoms with Crippen molar-refractivity contribution in [1.82, 2.24) is 39.1 Å². The number of primary amides is 1. The van der Waals surface area contributed by atoms with E-state index in [9.17, 15) is 22.8 Å². The second kappa shape index (κ2) is 10.3. The van der Waals surface area contributed by atoms with Crippen molar-refractivity contribution < 1.29 is 22.8 Å². The maximum atomic E-state index is 13.9. The molecule has 0 radical (unpaired) electrons. The van der Waals surface area contributed by atoms with Gasteiger partial charge < -0.3 is 11.1 Å². The van der Waals surface area contributed by atoms with E-state index in [1.807, 2.05) is 13.1 Å². The van der Waals surface area contributed by atoms with E-state index in [1.165, 1.54) is 21.5 Å². The first kappa shape index (κ1) is 28.5. The Morgan fingerprint density at radius 2 is 1.95 bits per heavy atom. The number of amides is 2. The van der Waals surface area contributed by atoms with E-state index < -0.39 is 23.7 Å². The Hall–Kier alpha value is -4.64. The molecule has 6 aromatic heterocycles. The first-order chi connectivity index (χ1) is 20.4. The smallest absolute Gasteiger partial charge is 0.365 e. The lowest BCUT2D eigenvalue weighted by molar-refractivity contribution is -0.140. The number of fused-ring (bicyclic) bond motifs is 2. The number of rotatable bonds is 6. The van der Waals surface area contributed by atoms with E-state index in [-0.39, 0.29) is 32.0 Å². The minimum Gasteiger partial charge on any atom is -0.365 e. The fourth-order valence-electron chi connectivity index (χ4n) is 4.61. The Morgan fingerprint density at radius 3 is 2.58 bits per heavy atom. The molecule has 0 spiro atoms. The van der Waals surface area contributed by atoms with Gasteiger partial charge in [0.05, 0.1) is 22.1 Å². The average molecular weight is 673 g/mol. The fourth-order valence-corrected chi connectivity index (χ4v) is 6.13. The number of pyridine rings is 1. The Morgan fingerprint density at radius 1 is 1.19 bits per heavy atom. The number of thiophene rings is 1. The molecule has 0 saturated heterocycles. The molecule has 0 unspecified atom stereocenters. The van der Waals surface area contributed by atoms with E-state index in [4.69, 9.17) is 5.73 Å². The molecule has 0 aliphatic carbocycles. The summed E-state index contributed by atoms with van der Waals surface area (Å²) in [5.74, 6) is -1.69. The third-order valence-electron chi connectivity index (χ3n) is 6.81. The summed E-state index contributed by atoms with van der Waals surface area (Å²) in [4.78, 5) is 33.8. The second-order valence-electron chi connectivity index (χ2n) is 9.44. The summed E-state index contributed by atoms with van der Waals surface area (Å²) < 4.78 is 46.9. The number of hydrogen-bond acceptors (Lipinski definition) is 8. The van der Waals surface area contributed by atoms with Gasteiger partial charge in [0.1, 0.15) is 21.1 Å². The molecular formula is C26H20BrF3N10O2S. The molecule has 6 heterocycles. The lowest BCUT2D eigenvalue weighted by Gasteiger charge is -2.12. The highest BCUT2D eigenvalue weighted by Crippen LogP contribution is 2.44. The number of hydrogen-bond donors (Lipinski definition) is 2. The van der Waals surface area contributed by atoms with Gasteiger partial charge in [0, 0.05) is 48.7 Å². The Bertz CT molecular complexity index is 2090. The van der Waals surface area contributed by atoms with Crippen molar-refractivity contribution in [2.75, 3.05) is 5.32 Å². The number of nitrogens with two attached hydrogens (primary N) is 1. The van der Waals surface area contributed by atoms with Crippen LogP contribution in [0.3, 0.4) is 0 Å². The zero-order valence-corrected chi connectivity index (χ0v) is 25.0. The van der Waals surface area contributed by atoms with E-state index in [0.717, 1.165) is 6.07 Å². The summed E-state index contributed by atoms with van der Waals surface area (Å²) >= 11 is 4.15. The first-order valence-electron chi connectivity index (χ1n) is 12.6. The molecule has 0 aliphatic heterocycles. The van der Waals surface area contributed by atoms with Crippen LogP contribution in [0, 0.1) is 6.92 Å². The molecule has 0 atom stereocenters. The predicted molar refractivity (Wildman–Crippen MR) is 156 cm³/mol. The lowest BCUT2D eigenvalue weighted by Crippen LogP contribution is -2.17. The van der Waals surface area contributed by atoms with Gasteiger partial charge in [-0.1, -0.05) is 0 Å². The predicted octanol–water partition coefficient (Wildman–Crippen LogP) is 5.06. The highest BCUT2D eigenvalue weighted by molar-refractivity contribution is 9.10. The molecule has 6 rings (SSSR count). The number of nitrogens with one attached hydrogen (secondary N) is 1. The molecule has 17 heteroatoms. The van der Waals surface area contributed by atoms with Gasteiger partial charge in [-0.15, -0.1) is 11.3 Å². The molecule has 2 amide bonds. The average Bonchev–Trinajstić information content (AvgIpc) is 3.72. The molecule has 0 aromatic carbocycles. The van der Waals surface area contributed by atoms with E-state index in [0.29, 0.717) is 50.6 Å². The quantitative estimate of drug-likeness (QED) is 0.251. The molecular weight excluding hydrogens is 653 g/mol. The number of carbonyl (C=O) groups excluding carboxylic acids is 2.